The summed E-state index contributed by atoms with van der Waals surface area (Å²) in [5.74, 6) is 1.42. The van der Waals surface area contributed by atoms with Crippen LogP contribution in [0.3, 0.4) is 0 Å². The van der Waals surface area contributed by atoms with Gasteiger partial charge >= 0.3 is 0 Å². The number of thiazole rings is 1. The summed E-state index contributed by atoms with van der Waals surface area (Å²) >= 11 is 1.58. The highest BCUT2D eigenvalue weighted by Crippen LogP contribution is 2.33. The quantitative estimate of drug-likeness (QED) is 0.742. The predicted octanol–water partition coefficient (Wildman–Crippen LogP) is 2.79. The van der Waals surface area contributed by atoms with E-state index in [1.54, 1.807) is 25.6 Å². The van der Waals surface area contributed by atoms with Gasteiger partial charge in [0.25, 0.3) is 0 Å². The second-order valence-electron chi connectivity index (χ2n) is 5.74. The highest BCUT2D eigenvalue weighted by molar-refractivity contribution is 7.13. The molecule has 1 heterocycles. The van der Waals surface area contributed by atoms with Crippen molar-refractivity contribution in [3.63, 3.8) is 0 Å². The predicted molar refractivity (Wildman–Crippen MR) is 100 cm³/mol. The van der Waals surface area contributed by atoms with Gasteiger partial charge in [0, 0.05) is 24.0 Å². The third-order valence-corrected chi connectivity index (χ3v) is 4.54. The number of ether oxygens (including phenoxy) is 2. The van der Waals surface area contributed by atoms with E-state index in [-0.39, 0.29) is 5.91 Å². The molecule has 1 amide bonds. The molecule has 1 aromatic carbocycles. The van der Waals surface area contributed by atoms with Gasteiger partial charge in [-0.2, -0.15) is 0 Å². The molecule has 7 heteroatoms. The Morgan fingerprint density at radius 2 is 2.04 bits per heavy atom. The van der Waals surface area contributed by atoms with Gasteiger partial charge in [0.15, 0.2) is 11.5 Å². The van der Waals surface area contributed by atoms with Crippen molar-refractivity contribution in [2.24, 2.45) is 0 Å². The van der Waals surface area contributed by atoms with Crippen molar-refractivity contribution >= 4 is 17.2 Å². The number of methoxy groups -OCH3 is 2. The summed E-state index contributed by atoms with van der Waals surface area (Å²) in [4.78, 5) is 18.4. The van der Waals surface area contributed by atoms with E-state index in [1.165, 1.54) is 0 Å². The van der Waals surface area contributed by atoms with Crippen LogP contribution in [0.25, 0.3) is 10.6 Å². The Morgan fingerprint density at radius 3 is 2.72 bits per heavy atom. The number of amides is 1. The van der Waals surface area contributed by atoms with Crippen LogP contribution < -0.4 is 14.8 Å². The number of nitrogens with one attached hydrogen (secondary N) is 1. The van der Waals surface area contributed by atoms with Crippen LogP contribution >= 0.6 is 11.3 Å². The molecule has 1 aromatic heterocycles. The van der Waals surface area contributed by atoms with Gasteiger partial charge < -0.3 is 14.8 Å². The van der Waals surface area contributed by atoms with Gasteiger partial charge in [-0.25, -0.2) is 4.98 Å². The zero-order valence-electron chi connectivity index (χ0n) is 15.2. The molecule has 0 radical (unpaired) electrons. The molecule has 25 heavy (non-hydrogen) atoms. The summed E-state index contributed by atoms with van der Waals surface area (Å²) in [6.45, 7) is 3.74. The molecule has 136 valence electrons. The van der Waals surface area contributed by atoms with Crippen molar-refractivity contribution in [3.05, 3.63) is 29.3 Å². The Bertz CT molecular complexity index is 703. The third-order valence-electron chi connectivity index (χ3n) is 3.60. The van der Waals surface area contributed by atoms with Crippen LogP contribution in [0.1, 0.15) is 19.0 Å². The van der Waals surface area contributed by atoms with Crippen LogP contribution in [0.4, 0.5) is 0 Å². The molecule has 0 aliphatic heterocycles. The molecule has 0 atom stereocenters. The van der Waals surface area contributed by atoms with Crippen LogP contribution in [0.2, 0.25) is 0 Å². The van der Waals surface area contributed by atoms with E-state index < -0.39 is 0 Å². The number of carbonyl (C=O) groups is 1. The fraction of sp³-hybridized carbons (Fsp3) is 0.444. The van der Waals surface area contributed by atoms with E-state index in [1.807, 2.05) is 42.5 Å². The van der Waals surface area contributed by atoms with Gasteiger partial charge in [0.1, 0.15) is 5.01 Å². The van der Waals surface area contributed by atoms with Crippen molar-refractivity contribution in [1.82, 2.24) is 15.2 Å². The van der Waals surface area contributed by atoms with Crippen molar-refractivity contribution in [1.29, 1.82) is 0 Å². The average Bonchev–Trinajstić information content (AvgIpc) is 3.07. The fourth-order valence-electron chi connectivity index (χ4n) is 2.38. The van der Waals surface area contributed by atoms with Crippen molar-refractivity contribution < 1.29 is 14.3 Å². The van der Waals surface area contributed by atoms with Crippen LogP contribution in [-0.2, 0) is 11.3 Å². The maximum absolute atomic E-state index is 11.8. The number of nitrogens with zero attached hydrogens (tertiary/aromatic N) is 2. The van der Waals surface area contributed by atoms with Crippen LogP contribution in [-0.4, -0.2) is 50.1 Å². The first-order valence-electron chi connectivity index (χ1n) is 8.19. The Labute approximate surface area is 152 Å². The number of aromatic nitrogens is 1. The number of rotatable bonds is 9. The minimum Gasteiger partial charge on any atom is -0.493 e. The molecule has 1 N–H and O–H groups in total. The van der Waals surface area contributed by atoms with Gasteiger partial charge in [0.05, 0.1) is 26.5 Å². The number of benzene rings is 1. The molecule has 2 aromatic rings. The highest BCUT2D eigenvalue weighted by atomic mass is 32.1. The number of hydrogen-bond donors (Lipinski definition) is 1. The van der Waals surface area contributed by atoms with E-state index >= 15 is 0 Å². The molecule has 0 bridgehead atoms. The number of carbonyl (C=O) groups excluding carboxylic acids is 1. The summed E-state index contributed by atoms with van der Waals surface area (Å²) in [6.07, 6.45) is 0.941. The van der Waals surface area contributed by atoms with Crippen molar-refractivity contribution in [2.75, 3.05) is 34.4 Å². The molecular weight excluding hydrogens is 338 g/mol. The lowest BCUT2D eigenvalue weighted by Crippen LogP contribution is -2.35. The van der Waals surface area contributed by atoms with Crippen LogP contribution in [0.15, 0.2) is 23.6 Å². The molecule has 0 aliphatic rings. The molecule has 0 unspecified atom stereocenters. The summed E-state index contributed by atoms with van der Waals surface area (Å²) < 4.78 is 10.6. The lowest BCUT2D eigenvalue weighted by Gasteiger charge is -2.14. The number of hydrogen-bond acceptors (Lipinski definition) is 6. The standard InChI is InChI=1S/C18H25N3O3S/c1-5-8-19-17(22)11-21(2)10-14-12-25-18(20-14)13-6-7-15(23-3)16(9-13)24-4/h6-7,9,12H,5,8,10-11H2,1-4H3,(H,19,22). The Kier molecular flexibility index (Phi) is 7.21. The Morgan fingerprint density at radius 1 is 1.28 bits per heavy atom. The van der Waals surface area contributed by atoms with E-state index in [0.717, 1.165) is 22.7 Å². The maximum Gasteiger partial charge on any atom is 0.234 e. The zero-order chi connectivity index (χ0) is 18.2. The van der Waals surface area contributed by atoms with Crippen molar-refractivity contribution in [2.45, 2.75) is 19.9 Å². The smallest absolute Gasteiger partial charge is 0.234 e. The average molecular weight is 363 g/mol. The molecule has 0 aliphatic carbocycles. The molecule has 0 saturated heterocycles. The summed E-state index contributed by atoms with van der Waals surface area (Å²) in [7, 11) is 5.15. The summed E-state index contributed by atoms with van der Waals surface area (Å²) in [5.41, 5.74) is 1.93. The number of likely N-dealkylation sites (N-methyl/N-ethyl adjacent to an activating group) is 1. The molecule has 0 saturated carbocycles. The molecular formula is C18H25N3O3S. The molecule has 0 spiro atoms. The fourth-order valence-corrected chi connectivity index (χ4v) is 3.19. The molecule has 2 rings (SSSR count). The van der Waals surface area contributed by atoms with Crippen LogP contribution in [0, 0.1) is 0 Å². The first kappa shape index (κ1) is 19.2. The topological polar surface area (TPSA) is 63.7 Å². The van der Waals surface area contributed by atoms with Gasteiger partial charge in [-0.3, -0.25) is 9.69 Å². The summed E-state index contributed by atoms with van der Waals surface area (Å²) in [5, 5.41) is 5.82. The lowest BCUT2D eigenvalue weighted by molar-refractivity contribution is -0.122. The Hall–Kier alpha value is -2.12. The summed E-state index contributed by atoms with van der Waals surface area (Å²) in [6, 6.07) is 5.76. The zero-order valence-corrected chi connectivity index (χ0v) is 16.0. The van der Waals surface area contributed by atoms with Gasteiger partial charge in [-0.1, -0.05) is 6.92 Å². The lowest BCUT2D eigenvalue weighted by atomic mass is 10.2. The molecule has 0 fully saturated rings. The van der Waals surface area contributed by atoms with E-state index in [9.17, 15) is 4.79 Å². The van der Waals surface area contributed by atoms with Crippen LogP contribution in [0.5, 0.6) is 11.5 Å². The maximum atomic E-state index is 11.8. The first-order chi connectivity index (χ1) is 12.1. The van der Waals surface area contributed by atoms with Gasteiger partial charge in [0.2, 0.25) is 5.91 Å². The second-order valence-corrected chi connectivity index (χ2v) is 6.59. The minimum atomic E-state index is 0.0414. The van der Waals surface area contributed by atoms with Gasteiger partial charge in [-0.15, -0.1) is 11.3 Å². The second kappa shape index (κ2) is 9.39. The van der Waals surface area contributed by atoms with E-state index in [2.05, 4.69) is 10.3 Å². The van der Waals surface area contributed by atoms with Crippen molar-refractivity contribution in [3.8, 4) is 22.1 Å². The monoisotopic (exact) mass is 363 g/mol. The van der Waals surface area contributed by atoms with Gasteiger partial charge in [-0.05, 0) is 31.7 Å². The molecule has 6 nitrogen and oxygen atoms in total. The first-order valence-corrected chi connectivity index (χ1v) is 9.07. The minimum absolute atomic E-state index is 0.0414. The van der Waals surface area contributed by atoms with E-state index in [4.69, 9.17) is 9.47 Å². The van der Waals surface area contributed by atoms with E-state index in [0.29, 0.717) is 31.1 Å². The highest BCUT2D eigenvalue weighted by Gasteiger charge is 2.12. The Balaban J connectivity index is 2.01. The third kappa shape index (κ3) is 5.44. The largest absolute Gasteiger partial charge is 0.493 e. The SMILES string of the molecule is CCCNC(=O)CN(C)Cc1csc(-c2ccc(OC)c(OC)c2)n1. The normalized spacial score (nSPS) is 10.8.